The van der Waals surface area contributed by atoms with Crippen molar-refractivity contribution in [1.29, 1.82) is 0 Å². The van der Waals surface area contributed by atoms with Gasteiger partial charge in [0.1, 0.15) is 11.4 Å². The molecule has 0 spiro atoms. The molecule has 1 heterocycles. The molecule has 0 radical (unpaired) electrons. The Morgan fingerprint density at radius 1 is 1.44 bits per heavy atom. The lowest BCUT2D eigenvalue weighted by atomic mass is 10.2. The van der Waals surface area contributed by atoms with Crippen LogP contribution in [0.15, 0.2) is 30.5 Å². The van der Waals surface area contributed by atoms with E-state index in [0.717, 1.165) is 0 Å². The molecule has 2 aromatic rings. The van der Waals surface area contributed by atoms with E-state index < -0.39 is 5.97 Å². The van der Waals surface area contributed by atoms with Crippen LogP contribution in [0.4, 0.5) is 5.82 Å². The van der Waals surface area contributed by atoms with Gasteiger partial charge in [-0.25, -0.2) is 9.48 Å². The van der Waals surface area contributed by atoms with Gasteiger partial charge < -0.3 is 10.4 Å². The summed E-state index contributed by atoms with van der Waals surface area (Å²) in [4.78, 5) is 22.0. The van der Waals surface area contributed by atoms with Gasteiger partial charge in [0, 0.05) is 12.6 Å². The van der Waals surface area contributed by atoms with Crippen LogP contribution in [0.25, 0.3) is 5.69 Å². The number of anilines is 1. The summed E-state index contributed by atoms with van der Waals surface area (Å²) >= 11 is 0. The number of carboxylic acids is 1. The van der Waals surface area contributed by atoms with E-state index >= 15 is 0 Å². The molecule has 6 nitrogen and oxygen atoms in total. The number of hydrogen-bond acceptors (Lipinski definition) is 4. The van der Waals surface area contributed by atoms with Crippen molar-refractivity contribution in [2.24, 2.45) is 0 Å². The molecule has 0 saturated heterocycles. The summed E-state index contributed by atoms with van der Waals surface area (Å²) in [6.45, 7) is 0. The predicted molar refractivity (Wildman–Crippen MR) is 65.5 cm³/mol. The summed E-state index contributed by atoms with van der Waals surface area (Å²) in [5, 5.41) is 15.8. The van der Waals surface area contributed by atoms with Crippen molar-refractivity contribution in [2.45, 2.75) is 0 Å². The fourth-order valence-corrected chi connectivity index (χ4v) is 1.71. The molecule has 0 aliphatic rings. The Bertz CT molecular complexity index is 604. The number of nitrogens with zero attached hydrogens (tertiary/aromatic N) is 2. The van der Waals surface area contributed by atoms with Crippen LogP contribution in [0.5, 0.6) is 0 Å². The van der Waals surface area contributed by atoms with Crippen LogP contribution in [0.2, 0.25) is 0 Å². The normalized spacial score (nSPS) is 10.1. The second kappa shape index (κ2) is 4.70. The van der Waals surface area contributed by atoms with Crippen molar-refractivity contribution in [3.05, 3.63) is 41.6 Å². The third-order valence-electron chi connectivity index (χ3n) is 2.53. The number of rotatable bonds is 4. The van der Waals surface area contributed by atoms with Crippen molar-refractivity contribution in [1.82, 2.24) is 9.78 Å². The molecule has 1 aromatic carbocycles. The van der Waals surface area contributed by atoms with Crippen molar-refractivity contribution in [3.8, 4) is 5.69 Å². The zero-order valence-electron chi connectivity index (χ0n) is 9.62. The predicted octanol–water partition coefficient (Wildman–Crippen LogP) is 1.42. The van der Waals surface area contributed by atoms with Gasteiger partial charge in [0.25, 0.3) is 0 Å². The van der Waals surface area contributed by atoms with E-state index in [1.54, 1.807) is 31.3 Å². The minimum Gasteiger partial charge on any atom is -0.477 e. The first-order valence-corrected chi connectivity index (χ1v) is 5.22. The fourth-order valence-electron chi connectivity index (χ4n) is 1.71. The molecule has 1 aromatic heterocycles. The lowest BCUT2D eigenvalue weighted by Gasteiger charge is -2.09. The number of benzene rings is 1. The SMILES string of the molecule is CNc1c(C(=O)O)cnn1-c1ccccc1C=O. The van der Waals surface area contributed by atoms with Crippen LogP contribution in [-0.4, -0.2) is 34.2 Å². The van der Waals surface area contributed by atoms with Gasteiger partial charge in [-0.15, -0.1) is 0 Å². The highest BCUT2D eigenvalue weighted by Gasteiger charge is 2.17. The van der Waals surface area contributed by atoms with Gasteiger partial charge in [-0.05, 0) is 12.1 Å². The van der Waals surface area contributed by atoms with Crippen LogP contribution < -0.4 is 5.32 Å². The first-order chi connectivity index (χ1) is 8.69. The Morgan fingerprint density at radius 3 is 2.78 bits per heavy atom. The topological polar surface area (TPSA) is 84.2 Å². The van der Waals surface area contributed by atoms with Crippen molar-refractivity contribution in [2.75, 3.05) is 12.4 Å². The van der Waals surface area contributed by atoms with Gasteiger partial charge in [-0.2, -0.15) is 5.10 Å². The van der Waals surface area contributed by atoms with Gasteiger partial charge in [-0.3, -0.25) is 4.79 Å². The third kappa shape index (κ3) is 1.84. The highest BCUT2D eigenvalue weighted by atomic mass is 16.4. The van der Waals surface area contributed by atoms with E-state index in [1.165, 1.54) is 10.9 Å². The number of aldehydes is 1. The largest absolute Gasteiger partial charge is 0.477 e. The average Bonchev–Trinajstić information content (AvgIpc) is 2.82. The number of para-hydroxylation sites is 1. The highest BCUT2D eigenvalue weighted by molar-refractivity contribution is 5.93. The number of carbonyl (C=O) groups is 2. The quantitative estimate of drug-likeness (QED) is 0.796. The molecule has 0 fully saturated rings. The second-order valence-corrected chi connectivity index (χ2v) is 3.55. The first kappa shape index (κ1) is 11.8. The molecule has 0 aliphatic heterocycles. The van der Waals surface area contributed by atoms with E-state index in [9.17, 15) is 9.59 Å². The minimum absolute atomic E-state index is 0.0539. The minimum atomic E-state index is -1.07. The van der Waals surface area contributed by atoms with E-state index in [-0.39, 0.29) is 5.56 Å². The highest BCUT2D eigenvalue weighted by Crippen LogP contribution is 2.21. The number of carbonyl (C=O) groups excluding carboxylic acids is 1. The van der Waals surface area contributed by atoms with Gasteiger partial charge in [0.2, 0.25) is 0 Å². The molecule has 0 amide bonds. The second-order valence-electron chi connectivity index (χ2n) is 3.55. The molecule has 0 bridgehead atoms. The molecule has 18 heavy (non-hydrogen) atoms. The summed E-state index contributed by atoms with van der Waals surface area (Å²) in [6, 6.07) is 6.82. The molecule has 0 saturated carbocycles. The number of nitrogens with one attached hydrogen (secondary N) is 1. The lowest BCUT2D eigenvalue weighted by molar-refractivity contribution is 0.0698. The molecule has 6 heteroatoms. The molecule has 0 aliphatic carbocycles. The first-order valence-electron chi connectivity index (χ1n) is 5.22. The maximum absolute atomic E-state index is 11.0. The van der Waals surface area contributed by atoms with E-state index in [2.05, 4.69) is 10.4 Å². The van der Waals surface area contributed by atoms with Gasteiger partial charge in [0.05, 0.1) is 11.9 Å². The number of carboxylic acid groups (broad SMARTS) is 1. The van der Waals surface area contributed by atoms with Crippen molar-refractivity contribution < 1.29 is 14.7 Å². The Hall–Kier alpha value is -2.63. The molecule has 2 N–H and O–H groups in total. The molecule has 0 unspecified atom stereocenters. The lowest BCUT2D eigenvalue weighted by Crippen LogP contribution is -2.07. The van der Waals surface area contributed by atoms with Crippen LogP contribution in [0.1, 0.15) is 20.7 Å². The van der Waals surface area contributed by atoms with E-state index in [4.69, 9.17) is 5.11 Å². The number of hydrogen-bond donors (Lipinski definition) is 2. The molecular weight excluding hydrogens is 234 g/mol. The fraction of sp³-hybridized carbons (Fsp3) is 0.0833. The van der Waals surface area contributed by atoms with Crippen LogP contribution >= 0.6 is 0 Å². The maximum Gasteiger partial charge on any atom is 0.341 e. The van der Waals surface area contributed by atoms with Crippen LogP contribution in [-0.2, 0) is 0 Å². The average molecular weight is 245 g/mol. The molecule has 92 valence electrons. The maximum atomic E-state index is 11.0. The Labute approximate surface area is 103 Å². The van der Waals surface area contributed by atoms with Crippen LogP contribution in [0.3, 0.4) is 0 Å². The van der Waals surface area contributed by atoms with Crippen molar-refractivity contribution in [3.63, 3.8) is 0 Å². The van der Waals surface area contributed by atoms with Crippen molar-refractivity contribution >= 4 is 18.1 Å². The Balaban J connectivity index is 2.64. The third-order valence-corrected chi connectivity index (χ3v) is 2.53. The van der Waals surface area contributed by atoms with Gasteiger partial charge in [-0.1, -0.05) is 12.1 Å². The molecule has 0 atom stereocenters. The Kier molecular flexibility index (Phi) is 3.09. The summed E-state index contributed by atoms with van der Waals surface area (Å²) < 4.78 is 1.40. The Morgan fingerprint density at radius 2 is 2.17 bits per heavy atom. The molecule has 2 rings (SSSR count). The zero-order valence-corrected chi connectivity index (χ0v) is 9.62. The monoisotopic (exact) mass is 245 g/mol. The summed E-state index contributed by atoms with van der Waals surface area (Å²) in [5.41, 5.74) is 1.02. The molecular formula is C12H11N3O3. The number of aromatic carboxylic acids is 1. The summed E-state index contributed by atoms with van der Waals surface area (Å²) in [5.74, 6) is -0.744. The van der Waals surface area contributed by atoms with Gasteiger partial charge in [0.15, 0.2) is 6.29 Å². The zero-order chi connectivity index (χ0) is 13.1. The summed E-state index contributed by atoms with van der Waals surface area (Å²) in [6.07, 6.45) is 1.95. The van der Waals surface area contributed by atoms with E-state index in [0.29, 0.717) is 23.4 Å². The number of aromatic nitrogens is 2. The van der Waals surface area contributed by atoms with Gasteiger partial charge >= 0.3 is 5.97 Å². The summed E-state index contributed by atoms with van der Waals surface area (Å²) in [7, 11) is 1.60. The standard InChI is InChI=1S/C12H11N3O3/c1-13-11-9(12(17)18)6-14-15(11)10-5-3-2-4-8(10)7-16/h2-7,13H,1H3,(H,17,18). The smallest absolute Gasteiger partial charge is 0.341 e. The van der Waals surface area contributed by atoms with E-state index in [1.807, 2.05) is 0 Å². The van der Waals surface area contributed by atoms with Crippen LogP contribution in [0, 0.1) is 0 Å².